The maximum absolute atomic E-state index is 12.9. The van der Waals surface area contributed by atoms with Gasteiger partial charge in [-0.3, -0.25) is 4.79 Å². The average molecular weight is 407 g/mol. The fourth-order valence-electron chi connectivity index (χ4n) is 3.73. The van der Waals surface area contributed by atoms with Crippen LogP contribution >= 0.6 is 0 Å². The molecule has 0 atom stereocenters. The third-order valence-electron chi connectivity index (χ3n) is 5.32. The number of hydrogen-bond donors (Lipinski definition) is 2. The van der Waals surface area contributed by atoms with Crippen LogP contribution in [-0.4, -0.2) is 37.2 Å². The van der Waals surface area contributed by atoms with E-state index in [4.69, 9.17) is 10.9 Å². The molecular formula is C18H25N5O4S. The molecule has 2 aliphatic rings. The van der Waals surface area contributed by atoms with E-state index >= 15 is 0 Å². The molecule has 1 fully saturated rings. The van der Waals surface area contributed by atoms with Crippen LogP contribution in [0, 0.1) is 26.2 Å². The third-order valence-corrected chi connectivity index (χ3v) is 7.10. The zero-order valence-electron chi connectivity index (χ0n) is 16.1. The van der Waals surface area contributed by atoms with E-state index < -0.39 is 21.2 Å². The van der Waals surface area contributed by atoms with E-state index in [1.165, 1.54) is 6.92 Å². The van der Waals surface area contributed by atoms with Crippen molar-refractivity contribution in [2.45, 2.75) is 74.9 Å². The summed E-state index contributed by atoms with van der Waals surface area (Å²) in [7, 11) is -3.94. The standard InChI is InChI=1S/C18H25N5O4S/c1-4-5-10-18(21-22-18)11-12-19-16(24)17(8-6-7-9-17)23-28(25,26)15-13(2)20-27-14(15)3/h1,23H,5-12H2,2-3H3,(H,19,24). The van der Waals surface area contributed by atoms with Crippen LogP contribution in [0.4, 0.5) is 0 Å². The van der Waals surface area contributed by atoms with Crippen molar-refractivity contribution in [3.05, 3.63) is 11.5 Å². The van der Waals surface area contributed by atoms with Gasteiger partial charge >= 0.3 is 0 Å². The van der Waals surface area contributed by atoms with Gasteiger partial charge in [-0.05, 0) is 26.7 Å². The van der Waals surface area contributed by atoms with Crippen molar-refractivity contribution >= 4 is 15.9 Å². The Labute approximate surface area is 164 Å². The van der Waals surface area contributed by atoms with Crippen LogP contribution < -0.4 is 10.0 Å². The number of terminal acetylenes is 1. The van der Waals surface area contributed by atoms with Crippen molar-refractivity contribution in [2.75, 3.05) is 6.54 Å². The summed E-state index contributed by atoms with van der Waals surface area (Å²) in [5.74, 6) is 2.44. The van der Waals surface area contributed by atoms with Crippen molar-refractivity contribution in [1.82, 2.24) is 15.2 Å². The molecule has 10 heteroatoms. The lowest BCUT2D eigenvalue weighted by Gasteiger charge is -2.28. The SMILES string of the molecule is C#CCCC1(CCNC(=O)C2(NS(=O)(=O)c3c(C)noc3C)CCCC2)N=N1. The van der Waals surface area contributed by atoms with Gasteiger partial charge in [-0.15, -0.1) is 12.3 Å². The number of carbonyl (C=O) groups is 1. The fraction of sp³-hybridized carbons (Fsp3) is 0.667. The normalized spacial score (nSPS) is 19.3. The molecule has 0 spiro atoms. The number of nitrogens with zero attached hydrogens (tertiary/aromatic N) is 3. The van der Waals surface area contributed by atoms with Crippen molar-refractivity contribution in [3.63, 3.8) is 0 Å². The number of rotatable bonds is 9. The second-order valence-corrected chi connectivity index (χ2v) is 9.06. The third kappa shape index (κ3) is 4.10. The number of aryl methyl sites for hydroxylation is 2. The van der Waals surface area contributed by atoms with Gasteiger partial charge in [0, 0.05) is 25.8 Å². The summed E-state index contributed by atoms with van der Waals surface area (Å²) in [4.78, 5) is 12.9. The first-order valence-corrected chi connectivity index (χ1v) is 10.8. The van der Waals surface area contributed by atoms with Crippen molar-refractivity contribution in [1.29, 1.82) is 0 Å². The maximum atomic E-state index is 12.9. The first-order valence-electron chi connectivity index (χ1n) is 9.36. The van der Waals surface area contributed by atoms with Gasteiger partial charge in [-0.2, -0.15) is 15.0 Å². The van der Waals surface area contributed by atoms with Crippen molar-refractivity contribution in [3.8, 4) is 12.3 Å². The molecule has 0 radical (unpaired) electrons. The number of amides is 1. The Kier molecular flexibility index (Phi) is 5.59. The number of nitrogens with one attached hydrogen (secondary N) is 2. The van der Waals surface area contributed by atoms with Gasteiger partial charge in [0.15, 0.2) is 11.4 Å². The van der Waals surface area contributed by atoms with Crippen molar-refractivity contribution in [2.24, 2.45) is 10.2 Å². The van der Waals surface area contributed by atoms with E-state index in [9.17, 15) is 13.2 Å². The minimum Gasteiger partial charge on any atom is -0.360 e. The van der Waals surface area contributed by atoms with Gasteiger partial charge in [0.05, 0.1) is 0 Å². The highest BCUT2D eigenvalue weighted by atomic mass is 32.2. The van der Waals surface area contributed by atoms with E-state index in [0.29, 0.717) is 38.6 Å². The zero-order chi connectivity index (χ0) is 20.4. The molecule has 152 valence electrons. The smallest absolute Gasteiger partial charge is 0.246 e. The largest absolute Gasteiger partial charge is 0.360 e. The van der Waals surface area contributed by atoms with Crippen LogP contribution in [0.3, 0.4) is 0 Å². The van der Waals surface area contributed by atoms with Crippen LogP contribution in [0.5, 0.6) is 0 Å². The Bertz CT molecular complexity index is 897. The molecule has 0 saturated heterocycles. The van der Waals surface area contributed by atoms with E-state index in [0.717, 1.165) is 12.8 Å². The molecule has 0 bridgehead atoms. The molecule has 1 aromatic rings. The predicted molar refractivity (Wildman–Crippen MR) is 101 cm³/mol. The molecule has 9 nitrogen and oxygen atoms in total. The Morgan fingerprint density at radius 3 is 2.46 bits per heavy atom. The lowest BCUT2D eigenvalue weighted by Crippen LogP contribution is -2.57. The van der Waals surface area contributed by atoms with E-state index in [1.807, 2.05) is 0 Å². The molecular weight excluding hydrogens is 382 g/mol. The summed E-state index contributed by atoms with van der Waals surface area (Å²) in [6, 6.07) is 0. The first kappa shape index (κ1) is 20.5. The van der Waals surface area contributed by atoms with Gasteiger partial charge < -0.3 is 9.84 Å². The average Bonchev–Trinajstić information content (AvgIpc) is 3.08. The van der Waals surface area contributed by atoms with Crippen LogP contribution in [0.2, 0.25) is 0 Å². The first-order chi connectivity index (χ1) is 13.2. The number of sulfonamides is 1. The molecule has 1 aliphatic heterocycles. The molecule has 1 aromatic heterocycles. The minimum atomic E-state index is -3.94. The lowest BCUT2D eigenvalue weighted by atomic mass is 9.97. The van der Waals surface area contributed by atoms with Gasteiger partial charge in [0.25, 0.3) is 0 Å². The Morgan fingerprint density at radius 2 is 1.93 bits per heavy atom. The van der Waals surface area contributed by atoms with Crippen LogP contribution in [0.1, 0.15) is 56.4 Å². The molecule has 1 aliphatic carbocycles. The highest BCUT2D eigenvalue weighted by Crippen LogP contribution is 2.36. The maximum Gasteiger partial charge on any atom is 0.246 e. The second kappa shape index (κ2) is 7.64. The fourth-order valence-corrected chi connectivity index (χ4v) is 5.49. The molecule has 28 heavy (non-hydrogen) atoms. The summed E-state index contributed by atoms with van der Waals surface area (Å²) in [5.41, 5.74) is -1.39. The monoisotopic (exact) mass is 407 g/mol. The zero-order valence-corrected chi connectivity index (χ0v) is 16.9. The molecule has 0 aromatic carbocycles. The number of hydrogen-bond acceptors (Lipinski definition) is 7. The molecule has 3 rings (SSSR count). The predicted octanol–water partition coefficient (Wildman–Crippen LogP) is 1.96. The van der Waals surface area contributed by atoms with Crippen LogP contribution in [-0.2, 0) is 14.8 Å². The Balaban J connectivity index is 1.67. The molecule has 2 heterocycles. The van der Waals surface area contributed by atoms with Gasteiger partial charge in [-0.25, -0.2) is 8.42 Å². The van der Waals surface area contributed by atoms with Gasteiger partial charge in [0.2, 0.25) is 15.9 Å². The summed E-state index contributed by atoms with van der Waals surface area (Å²) >= 11 is 0. The second-order valence-electron chi connectivity index (χ2n) is 7.44. The van der Waals surface area contributed by atoms with Gasteiger partial charge in [0.1, 0.15) is 16.1 Å². The number of aromatic nitrogens is 1. The summed E-state index contributed by atoms with van der Waals surface area (Å²) in [6.45, 7) is 3.45. The molecule has 0 unspecified atom stereocenters. The van der Waals surface area contributed by atoms with Crippen molar-refractivity contribution < 1.29 is 17.7 Å². The number of carbonyl (C=O) groups excluding carboxylic acids is 1. The highest BCUT2D eigenvalue weighted by molar-refractivity contribution is 7.89. The molecule has 2 N–H and O–H groups in total. The van der Waals surface area contributed by atoms with Gasteiger partial charge in [-0.1, -0.05) is 18.0 Å². The quantitative estimate of drug-likeness (QED) is 0.605. The van der Waals surface area contributed by atoms with E-state index in [2.05, 4.69) is 31.3 Å². The lowest BCUT2D eigenvalue weighted by molar-refractivity contribution is -0.126. The summed E-state index contributed by atoms with van der Waals surface area (Å²) < 4.78 is 33.5. The molecule has 1 amide bonds. The Morgan fingerprint density at radius 1 is 1.25 bits per heavy atom. The highest BCUT2D eigenvalue weighted by Gasteiger charge is 2.46. The summed E-state index contributed by atoms with van der Waals surface area (Å²) in [6.07, 6.45) is 9.49. The van der Waals surface area contributed by atoms with Crippen LogP contribution in [0.25, 0.3) is 0 Å². The van der Waals surface area contributed by atoms with E-state index in [-0.39, 0.29) is 22.3 Å². The van der Waals surface area contributed by atoms with Crippen LogP contribution in [0.15, 0.2) is 19.6 Å². The topological polar surface area (TPSA) is 126 Å². The summed E-state index contributed by atoms with van der Waals surface area (Å²) in [5, 5.41) is 14.7. The van der Waals surface area contributed by atoms with E-state index in [1.54, 1.807) is 6.92 Å². The molecule has 1 saturated carbocycles. The Hall–Kier alpha value is -2.25. The minimum absolute atomic E-state index is 0.00427.